The number of rotatable bonds is 2. The first-order valence-electron chi connectivity index (χ1n) is 4.81. The Kier molecular flexibility index (Phi) is 1.74. The average Bonchev–Trinajstić information content (AvgIpc) is 2.91. The van der Waals surface area contributed by atoms with Crippen molar-refractivity contribution in [3.63, 3.8) is 0 Å². The molecule has 78 valence electrons. The van der Waals surface area contributed by atoms with Gasteiger partial charge in [0.2, 0.25) is 6.79 Å². The molecule has 0 radical (unpaired) electrons. The molecule has 0 aromatic heterocycles. The number of hydrogen-bond acceptors (Lipinski definition) is 3. The maximum absolute atomic E-state index is 11.0. The van der Waals surface area contributed by atoms with Crippen LogP contribution in [0, 0.1) is 0 Å². The molecule has 0 spiro atoms. The number of benzene rings is 1. The molecule has 1 heterocycles. The Morgan fingerprint density at radius 2 is 1.93 bits per heavy atom. The predicted octanol–water partition coefficient (Wildman–Crippen LogP) is 2.30. The SMILES string of the molecule is O=CC1(c2cc3c(cc2Cl)OCO3)CC1. The van der Waals surface area contributed by atoms with Gasteiger partial charge in [0.05, 0.1) is 5.41 Å². The number of fused-ring (bicyclic) bond motifs is 1. The topological polar surface area (TPSA) is 35.5 Å². The number of aldehydes is 1. The van der Waals surface area contributed by atoms with Crippen LogP contribution in [0.5, 0.6) is 11.5 Å². The Balaban J connectivity index is 2.12. The van der Waals surface area contributed by atoms with Crippen molar-refractivity contribution < 1.29 is 14.3 Å². The number of carbonyl (C=O) groups excluding carboxylic acids is 1. The summed E-state index contributed by atoms with van der Waals surface area (Å²) >= 11 is 6.12. The molecular formula is C11H9ClO3. The molecule has 2 aliphatic rings. The van der Waals surface area contributed by atoms with E-state index in [2.05, 4.69) is 0 Å². The molecule has 0 unspecified atom stereocenters. The van der Waals surface area contributed by atoms with Crippen LogP contribution in [0.2, 0.25) is 5.02 Å². The highest BCUT2D eigenvalue weighted by Gasteiger charge is 2.46. The molecular weight excluding hydrogens is 216 g/mol. The van der Waals surface area contributed by atoms with E-state index in [1.807, 2.05) is 6.07 Å². The lowest BCUT2D eigenvalue weighted by molar-refractivity contribution is -0.109. The van der Waals surface area contributed by atoms with Crippen LogP contribution in [0.3, 0.4) is 0 Å². The molecule has 0 atom stereocenters. The minimum absolute atomic E-state index is 0.225. The highest BCUT2D eigenvalue weighted by molar-refractivity contribution is 6.32. The minimum atomic E-state index is -0.363. The fourth-order valence-electron chi connectivity index (χ4n) is 1.88. The van der Waals surface area contributed by atoms with Crippen molar-refractivity contribution in [1.82, 2.24) is 0 Å². The highest BCUT2D eigenvalue weighted by atomic mass is 35.5. The third-order valence-electron chi connectivity index (χ3n) is 3.01. The second kappa shape index (κ2) is 2.89. The van der Waals surface area contributed by atoms with Gasteiger partial charge in [0.15, 0.2) is 11.5 Å². The minimum Gasteiger partial charge on any atom is -0.454 e. The lowest BCUT2D eigenvalue weighted by Gasteiger charge is -2.10. The molecule has 0 amide bonds. The third-order valence-corrected chi connectivity index (χ3v) is 3.33. The zero-order valence-electron chi connectivity index (χ0n) is 7.96. The van der Waals surface area contributed by atoms with Gasteiger partial charge in [-0.25, -0.2) is 0 Å². The summed E-state index contributed by atoms with van der Waals surface area (Å²) in [6.07, 6.45) is 2.72. The molecule has 1 aliphatic heterocycles. The van der Waals surface area contributed by atoms with E-state index in [4.69, 9.17) is 21.1 Å². The number of hydrogen-bond donors (Lipinski definition) is 0. The van der Waals surface area contributed by atoms with Gasteiger partial charge in [0.25, 0.3) is 0 Å². The van der Waals surface area contributed by atoms with E-state index in [0.29, 0.717) is 16.5 Å². The van der Waals surface area contributed by atoms with Gasteiger partial charge in [-0.15, -0.1) is 0 Å². The van der Waals surface area contributed by atoms with Crippen LogP contribution in [0.4, 0.5) is 0 Å². The molecule has 0 bridgehead atoms. The summed E-state index contributed by atoms with van der Waals surface area (Å²) in [4.78, 5) is 11.0. The average molecular weight is 225 g/mol. The van der Waals surface area contributed by atoms with Gasteiger partial charge >= 0.3 is 0 Å². The maximum atomic E-state index is 11.0. The zero-order valence-corrected chi connectivity index (χ0v) is 8.71. The summed E-state index contributed by atoms with van der Waals surface area (Å²) in [5, 5.41) is 0.587. The Labute approximate surface area is 91.9 Å². The predicted molar refractivity (Wildman–Crippen MR) is 54.6 cm³/mol. The first kappa shape index (κ1) is 9.04. The number of ether oxygens (including phenoxy) is 2. The smallest absolute Gasteiger partial charge is 0.231 e. The van der Waals surface area contributed by atoms with Crippen LogP contribution >= 0.6 is 11.6 Å². The van der Waals surface area contributed by atoms with E-state index >= 15 is 0 Å². The Morgan fingerprint density at radius 3 is 2.53 bits per heavy atom. The van der Waals surface area contributed by atoms with E-state index in [9.17, 15) is 4.79 Å². The molecule has 3 nitrogen and oxygen atoms in total. The van der Waals surface area contributed by atoms with Crippen molar-refractivity contribution in [1.29, 1.82) is 0 Å². The van der Waals surface area contributed by atoms with Crippen molar-refractivity contribution in [2.45, 2.75) is 18.3 Å². The van der Waals surface area contributed by atoms with Crippen LogP contribution in [0.25, 0.3) is 0 Å². The molecule has 1 aromatic carbocycles. The van der Waals surface area contributed by atoms with Gasteiger partial charge in [-0.3, -0.25) is 0 Å². The van der Waals surface area contributed by atoms with Crippen molar-refractivity contribution in [3.05, 3.63) is 22.7 Å². The van der Waals surface area contributed by atoms with Gasteiger partial charge in [0.1, 0.15) is 6.29 Å². The Hall–Kier alpha value is -1.22. The molecule has 4 heteroatoms. The summed E-state index contributed by atoms with van der Waals surface area (Å²) in [6, 6.07) is 3.55. The first-order chi connectivity index (χ1) is 7.25. The number of halogens is 1. The largest absolute Gasteiger partial charge is 0.454 e. The van der Waals surface area contributed by atoms with Crippen molar-refractivity contribution in [2.24, 2.45) is 0 Å². The van der Waals surface area contributed by atoms with Gasteiger partial charge < -0.3 is 14.3 Å². The molecule has 1 saturated carbocycles. The van der Waals surface area contributed by atoms with Crippen LogP contribution in [-0.4, -0.2) is 13.1 Å². The number of carbonyl (C=O) groups is 1. The van der Waals surface area contributed by atoms with E-state index in [1.165, 1.54) is 0 Å². The molecule has 1 fully saturated rings. The van der Waals surface area contributed by atoms with Gasteiger partial charge in [-0.2, -0.15) is 0 Å². The van der Waals surface area contributed by atoms with Crippen LogP contribution in [0.15, 0.2) is 12.1 Å². The Bertz CT molecular complexity index is 438. The lowest BCUT2D eigenvalue weighted by atomic mass is 9.97. The standard InChI is InChI=1S/C11H9ClO3/c12-8-4-10-9(14-6-15-10)3-7(8)11(5-13)1-2-11/h3-5H,1-2,6H2. The summed E-state index contributed by atoms with van der Waals surface area (Å²) in [5.74, 6) is 1.34. The van der Waals surface area contributed by atoms with Gasteiger partial charge in [-0.1, -0.05) is 11.6 Å². The van der Waals surface area contributed by atoms with Crippen molar-refractivity contribution >= 4 is 17.9 Å². The molecule has 0 saturated heterocycles. The third kappa shape index (κ3) is 1.23. The van der Waals surface area contributed by atoms with Crippen LogP contribution in [0.1, 0.15) is 18.4 Å². The fraction of sp³-hybridized carbons (Fsp3) is 0.364. The van der Waals surface area contributed by atoms with E-state index in [1.54, 1.807) is 6.07 Å². The normalized spacial score (nSPS) is 20.1. The summed E-state index contributed by atoms with van der Waals surface area (Å²) in [7, 11) is 0. The molecule has 1 aromatic rings. The fourth-order valence-corrected chi connectivity index (χ4v) is 2.23. The maximum Gasteiger partial charge on any atom is 0.231 e. The lowest BCUT2D eigenvalue weighted by Crippen LogP contribution is -2.08. The monoisotopic (exact) mass is 224 g/mol. The van der Waals surface area contributed by atoms with E-state index in [0.717, 1.165) is 24.7 Å². The summed E-state index contributed by atoms with van der Waals surface area (Å²) in [6.45, 7) is 0.225. The van der Waals surface area contributed by atoms with Gasteiger partial charge in [0, 0.05) is 11.1 Å². The van der Waals surface area contributed by atoms with Crippen LogP contribution in [-0.2, 0) is 10.2 Å². The molecule has 0 N–H and O–H groups in total. The highest BCUT2D eigenvalue weighted by Crippen LogP contribution is 2.51. The first-order valence-corrected chi connectivity index (χ1v) is 5.19. The zero-order chi connectivity index (χ0) is 10.5. The Morgan fingerprint density at radius 1 is 1.27 bits per heavy atom. The second-order valence-electron chi connectivity index (χ2n) is 3.96. The second-order valence-corrected chi connectivity index (χ2v) is 4.37. The van der Waals surface area contributed by atoms with E-state index in [-0.39, 0.29) is 12.2 Å². The summed E-state index contributed by atoms with van der Waals surface area (Å²) < 4.78 is 10.5. The molecule has 3 rings (SSSR count). The van der Waals surface area contributed by atoms with Gasteiger partial charge in [-0.05, 0) is 24.5 Å². The van der Waals surface area contributed by atoms with Crippen molar-refractivity contribution in [2.75, 3.05) is 6.79 Å². The van der Waals surface area contributed by atoms with E-state index < -0.39 is 0 Å². The molecule has 1 aliphatic carbocycles. The van der Waals surface area contributed by atoms with Crippen molar-refractivity contribution in [3.8, 4) is 11.5 Å². The summed E-state index contributed by atoms with van der Waals surface area (Å²) in [5.41, 5.74) is 0.501. The quantitative estimate of drug-likeness (QED) is 0.724. The molecule has 15 heavy (non-hydrogen) atoms. The van der Waals surface area contributed by atoms with Crippen LogP contribution < -0.4 is 9.47 Å².